The summed E-state index contributed by atoms with van der Waals surface area (Å²) >= 11 is 0. The van der Waals surface area contributed by atoms with Gasteiger partial charge in [0.1, 0.15) is 5.75 Å². The second kappa shape index (κ2) is 5.67. The molecule has 2 rings (SSSR count). The van der Waals surface area contributed by atoms with E-state index in [1.165, 1.54) is 11.8 Å². The van der Waals surface area contributed by atoms with Crippen LogP contribution in [0.15, 0.2) is 18.2 Å². The molecule has 2 N–H and O–H groups in total. The average molecular weight is 305 g/mol. The molecule has 0 aromatic heterocycles. The summed E-state index contributed by atoms with van der Waals surface area (Å²) in [5, 5.41) is 5.09. The fourth-order valence-corrected chi connectivity index (χ4v) is 1.97. The summed E-state index contributed by atoms with van der Waals surface area (Å²) in [5.41, 5.74) is -0.221. The zero-order chi connectivity index (χ0) is 16.5. The van der Waals surface area contributed by atoms with Crippen LogP contribution in [0.4, 0.5) is 5.69 Å². The van der Waals surface area contributed by atoms with Crippen molar-refractivity contribution >= 4 is 23.4 Å². The minimum Gasteiger partial charge on any atom is -0.466 e. The smallest absolute Gasteiger partial charge is 0.278 e. The molecule has 1 aliphatic rings. The highest BCUT2D eigenvalue weighted by atomic mass is 16.5. The van der Waals surface area contributed by atoms with E-state index in [1.54, 1.807) is 26.2 Å². The van der Waals surface area contributed by atoms with Gasteiger partial charge in [-0.2, -0.15) is 0 Å². The molecule has 0 radical (unpaired) electrons. The number of rotatable bonds is 3. The van der Waals surface area contributed by atoms with Gasteiger partial charge in [0.05, 0.1) is 12.2 Å². The Morgan fingerprint density at radius 3 is 2.68 bits per heavy atom. The van der Waals surface area contributed by atoms with Crippen LogP contribution in [-0.2, 0) is 14.4 Å². The second-order valence-corrected chi connectivity index (χ2v) is 5.56. The highest BCUT2D eigenvalue weighted by molar-refractivity contribution is 6.15. The average Bonchev–Trinajstić information content (AvgIpc) is 2.45. The van der Waals surface area contributed by atoms with E-state index >= 15 is 0 Å². The first-order chi connectivity index (χ1) is 10.2. The van der Waals surface area contributed by atoms with Crippen molar-refractivity contribution in [1.82, 2.24) is 10.2 Å². The highest BCUT2D eigenvalue weighted by Gasteiger charge is 2.47. The topological polar surface area (TPSA) is 87.7 Å². The standard InChI is InChI=1S/C15H19N3O4/c1-9-5-6-11-10(7-9)17-14(21)15(2,22-11)13(20)16-8-12(19)18(3)4/h5-7H,8H2,1-4H3,(H,16,20)(H,17,21)/t15-/m1/s1. The van der Waals surface area contributed by atoms with Gasteiger partial charge in [0.15, 0.2) is 0 Å². The Balaban J connectivity index is 2.16. The number of hydrogen-bond acceptors (Lipinski definition) is 4. The molecule has 1 atom stereocenters. The van der Waals surface area contributed by atoms with E-state index in [0.29, 0.717) is 11.4 Å². The molecule has 7 heteroatoms. The van der Waals surface area contributed by atoms with Crippen molar-refractivity contribution in [3.8, 4) is 5.75 Å². The third kappa shape index (κ3) is 2.88. The molecule has 22 heavy (non-hydrogen) atoms. The Kier molecular flexibility index (Phi) is 4.07. The Labute approximate surface area is 128 Å². The normalized spacial score (nSPS) is 19.5. The molecule has 0 bridgehead atoms. The minimum absolute atomic E-state index is 0.196. The van der Waals surface area contributed by atoms with Gasteiger partial charge in [-0.15, -0.1) is 0 Å². The maximum Gasteiger partial charge on any atom is 0.278 e. The SMILES string of the molecule is Cc1ccc2c(c1)NC(=O)[C@@](C)(C(=O)NCC(=O)N(C)C)O2. The van der Waals surface area contributed by atoms with E-state index in [9.17, 15) is 14.4 Å². The molecular weight excluding hydrogens is 286 g/mol. The quantitative estimate of drug-likeness (QED) is 0.786. The Bertz CT molecular complexity index is 642. The molecule has 7 nitrogen and oxygen atoms in total. The fourth-order valence-electron chi connectivity index (χ4n) is 1.97. The molecule has 3 amide bonds. The highest BCUT2D eigenvalue weighted by Crippen LogP contribution is 2.34. The maximum absolute atomic E-state index is 12.3. The molecule has 0 fully saturated rings. The fraction of sp³-hybridized carbons (Fsp3) is 0.400. The molecule has 1 aromatic carbocycles. The molecule has 0 saturated heterocycles. The van der Waals surface area contributed by atoms with Crippen LogP contribution in [0, 0.1) is 6.92 Å². The third-order valence-corrected chi connectivity index (χ3v) is 3.46. The van der Waals surface area contributed by atoms with Crippen LogP contribution in [-0.4, -0.2) is 48.9 Å². The number of aryl methyl sites for hydroxylation is 1. The summed E-state index contributed by atoms with van der Waals surface area (Å²) in [6.45, 7) is 3.07. The van der Waals surface area contributed by atoms with E-state index in [0.717, 1.165) is 5.56 Å². The van der Waals surface area contributed by atoms with Crippen molar-refractivity contribution in [1.29, 1.82) is 0 Å². The van der Waals surface area contributed by atoms with Gasteiger partial charge in [0, 0.05) is 14.1 Å². The number of nitrogens with zero attached hydrogens (tertiary/aromatic N) is 1. The summed E-state index contributed by atoms with van der Waals surface area (Å²) in [6, 6.07) is 5.28. The first-order valence-corrected chi connectivity index (χ1v) is 6.83. The van der Waals surface area contributed by atoms with Crippen LogP contribution >= 0.6 is 0 Å². The van der Waals surface area contributed by atoms with Gasteiger partial charge in [-0.25, -0.2) is 0 Å². The van der Waals surface area contributed by atoms with Gasteiger partial charge in [-0.3, -0.25) is 14.4 Å². The minimum atomic E-state index is -1.71. The van der Waals surface area contributed by atoms with E-state index in [2.05, 4.69) is 10.6 Å². The van der Waals surface area contributed by atoms with E-state index in [1.807, 2.05) is 13.0 Å². The van der Waals surface area contributed by atoms with Crippen LogP contribution < -0.4 is 15.4 Å². The summed E-state index contributed by atoms with van der Waals surface area (Å²) in [7, 11) is 3.16. The number of carbonyl (C=O) groups is 3. The van der Waals surface area contributed by atoms with Crippen molar-refractivity contribution in [2.45, 2.75) is 19.4 Å². The zero-order valence-electron chi connectivity index (χ0n) is 13.0. The molecule has 1 heterocycles. The van der Waals surface area contributed by atoms with Crippen LogP contribution in [0.5, 0.6) is 5.75 Å². The number of amides is 3. The lowest BCUT2D eigenvalue weighted by molar-refractivity contribution is -0.147. The summed E-state index contributed by atoms with van der Waals surface area (Å²) in [6.07, 6.45) is 0. The predicted octanol–water partition coefficient (Wildman–Crippen LogP) is 0.289. The van der Waals surface area contributed by atoms with Gasteiger partial charge >= 0.3 is 0 Å². The number of hydrogen-bond donors (Lipinski definition) is 2. The van der Waals surface area contributed by atoms with Crippen LogP contribution in [0.25, 0.3) is 0 Å². The monoisotopic (exact) mass is 305 g/mol. The van der Waals surface area contributed by atoms with E-state index < -0.39 is 17.4 Å². The van der Waals surface area contributed by atoms with Gasteiger partial charge in [-0.05, 0) is 31.5 Å². The van der Waals surface area contributed by atoms with Gasteiger partial charge in [-0.1, -0.05) is 6.07 Å². The molecule has 118 valence electrons. The molecule has 1 aromatic rings. The van der Waals surface area contributed by atoms with Gasteiger partial charge in [0.25, 0.3) is 17.4 Å². The van der Waals surface area contributed by atoms with E-state index in [4.69, 9.17) is 4.74 Å². The second-order valence-electron chi connectivity index (χ2n) is 5.56. The lowest BCUT2D eigenvalue weighted by Crippen LogP contribution is -2.59. The van der Waals surface area contributed by atoms with Crippen molar-refractivity contribution < 1.29 is 19.1 Å². The number of ether oxygens (including phenoxy) is 1. The lowest BCUT2D eigenvalue weighted by atomic mass is 10.0. The molecular formula is C15H19N3O4. The number of fused-ring (bicyclic) bond motifs is 1. The van der Waals surface area contributed by atoms with E-state index in [-0.39, 0.29) is 12.5 Å². The number of carbonyl (C=O) groups excluding carboxylic acids is 3. The Morgan fingerprint density at radius 1 is 1.36 bits per heavy atom. The summed E-state index contributed by atoms with van der Waals surface area (Å²) in [4.78, 5) is 37.4. The van der Waals surface area contributed by atoms with Crippen molar-refractivity contribution in [2.75, 3.05) is 26.0 Å². The molecule has 0 saturated carbocycles. The zero-order valence-corrected chi connectivity index (χ0v) is 13.0. The molecule has 0 unspecified atom stereocenters. The molecule has 0 aliphatic carbocycles. The predicted molar refractivity (Wildman–Crippen MR) is 80.5 cm³/mol. The van der Waals surface area contributed by atoms with Crippen molar-refractivity contribution in [3.63, 3.8) is 0 Å². The van der Waals surface area contributed by atoms with Gasteiger partial charge < -0.3 is 20.3 Å². The number of likely N-dealkylation sites (N-methyl/N-ethyl adjacent to an activating group) is 1. The number of anilines is 1. The maximum atomic E-state index is 12.3. The Hall–Kier alpha value is -2.57. The summed E-state index contributed by atoms with van der Waals surface area (Å²) in [5.74, 6) is -1.09. The van der Waals surface area contributed by atoms with Crippen LogP contribution in [0.3, 0.4) is 0 Å². The largest absolute Gasteiger partial charge is 0.466 e. The lowest BCUT2D eigenvalue weighted by Gasteiger charge is -2.33. The number of benzene rings is 1. The van der Waals surface area contributed by atoms with Crippen molar-refractivity contribution in [3.05, 3.63) is 23.8 Å². The van der Waals surface area contributed by atoms with Gasteiger partial charge in [0.2, 0.25) is 5.91 Å². The molecule has 0 spiro atoms. The first-order valence-electron chi connectivity index (χ1n) is 6.83. The summed E-state index contributed by atoms with van der Waals surface area (Å²) < 4.78 is 5.59. The third-order valence-electron chi connectivity index (χ3n) is 3.46. The molecule has 1 aliphatic heterocycles. The van der Waals surface area contributed by atoms with Crippen LogP contribution in [0.2, 0.25) is 0 Å². The van der Waals surface area contributed by atoms with Crippen LogP contribution in [0.1, 0.15) is 12.5 Å². The Morgan fingerprint density at radius 2 is 2.05 bits per heavy atom. The first kappa shape index (κ1) is 15.8. The number of nitrogens with one attached hydrogen (secondary N) is 2. The van der Waals surface area contributed by atoms with Crippen molar-refractivity contribution in [2.24, 2.45) is 0 Å².